The molecule has 0 saturated heterocycles. The van der Waals surface area contributed by atoms with Crippen LogP contribution in [0.25, 0.3) is 11.4 Å². The van der Waals surface area contributed by atoms with Gasteiger partial charge in [0, 0.05) is 23.0 Å². The lowest BCUT2D eigenvalue weighted by Crippen LogP contribution is -2.20. The summed E-state index contributed by atoms with van der Waals surface area (Å²) >= 11 is 0. The van der Waals surface area contributed by atoms with E-state index in [1.54, 1.807) is 42.6 Å². The van der Waals surface area contributed by atoms with Crippen LogP contribution >= 0.6 is 0 Å². The third kappa shape index (κ3) is 5.27. The van der Waals surface area contributed by atoms with Gasteiger partial charge in [-0.3, -0.25) is 9.51 Å². The molecule has 0 saturated carbocycles. The number of hydrogen-bond donors (Lipinski definition) is 3. The van der Waals surface area contributed by atoms with E-state index in [0.29, 0.717) is 28.5 Å². The predicted molar refractivity (Wildman–Crippen MR) is 125 cm³/mol. The van der Waals surface area contributed by atoms with Crippen LogP contribution in [-0.4, -0.2) is 21.2 Å². The number of amides is 2. The van der Waals surface area contributed by atoms with E-state index in [1.165, 1.54) is 0 Å². The molecule has 168 valence electrons. The van der Waals surface area contributed by atoms with Gasteiger partial charge in [-0.15, -0.1) is 0 Å². The number of carbonyl (C=O) groups is 1. The van der Waals surface area contributed by atoms with Crippen molar-refractivity contribution in [1.82, 2.24) is 15.1 Å². The summed E-state index contributed by atoms with van der Waals surface area (Å²) in [6.45, 7) is 6.31. The van der Waals surface area contributed by atoms with Gasteiger partial charge in [0.05, 0.1) is 0 Å². The van der Waals surface area contributed by atoms with Crippen molar-refractivity contribution in [3.05, 3.63) is 83.0 Å². The van der Waals surface area contributed by atoms with E-state index < -0.39 is 11.8 Å². The van der Waals surface area contributed by atoms with Crippen LogP contribution in [0.4, 0.5) is 16.2 Å². The summed E-state index contributed by atoms with van der Waals surface area (Å²) in [6.07, 6.45) is 1.60. The number of H-pyrrole nitrogens is 1. The van der Waals surface area contributed by atoms with E-state index in [2.05, 4.69) is 51.1 Å². The Morgan fingerprint density at radius 1 is 1.00 bits per heavy atom. The number of pyridine rings is 1. The molecule has 0 aliphatic carbocycles. The first-order valence-corrected chi connectivity index (χ1v) is 10.3. The van der Waals surface area contributed by atoms with Crippen molar-refractivity contribution < 1.29 is 14.1 Å². The third-order valence-corrected chi connectivity index (χ3v) is 4.78. The summed E-state index contributed by atoms with van der Waals surface area (Å²) in [6, 6.07) is 17.5. The number of anilines is 2. The number of aromatic amines is 1. The minimum atomic E-state index is -0.633. The van der Waals surface area contributed by atoms with E-state index in [-0.39, 0.29) is 11.3 Å². The number of urea groups is 1. The Hall–Kier alpha value is -4.40. The Bertz CT molecular complexity index is 1320. The summed E-state index contributed by atoms with van der Waals surface area (Å²) in [5, 5.41) is 9.16. The van der Waals surface area contributed by atoms with Gasteiger partial charge < -0.3 is 15.4 Å². The van der Waals surface area contributed by atoms with Gasteiger partial charge in [-0.1, -0.05) is 44.1 Å². The Balaban J connectivity index is 1.47. The van der Waals surface area contributed by atoms with Crippen LogP contribution in [0, 0.1) is 0 Å². The van der Waals surface area contributed by atoms with Gasteiger partial charge in [0.25, 0.3) is 0 Å². The highest BCUT2D eigenvalue weighted by Crippen LogP contribution is 2.35. The molecule has 0 radical (unpaired) electrons. The Morgan fingerprint density at radius 2 is 1.76 bits per heavy atom. The summed E-state index contributed by atoms with van der Waals surface area (Å²) in [4.78, 5) is 30.5. The van der Waals surface area contributed by atoms with Crippen molar-refractivity contribution in [1.29, 1.82) is 0 Å². The SMILES string of the molecule is CC(C)(C)c1ccccc1Oc1ncccc1NC(=O)Nc1ccc(-c2noc(=O)[nH]2)cc1. The van der Waals surface area contributed by atoms with E-state index in [9.17, 15) is 9.59 Å². The monoisotopic (exact) mass is 445 g/mol. The van der Waals surface area contributed by atoms with Gasteiger partial charge in [-0.2, -0.15) is 0 Å². The van der Waals surface area contributed by atoms with E-state index >= 15 is 0 Å². The summed E-state index contributed by atoms with van der Waals surface area (Å²) in [5.74, 6) is 0.637. The zero-order valence-electron chi connectivity index (χ0n) is 18.4. The number of hydrogen-bond acceptors (Lipinski definition) is 6. The second-order valence-corrected chi connectivity index (χ2v) is 8.30. The molecule has 3 N–H and O–H groups in total. The average molecular weight is 445 g/mol. The molecule has 2 aromatic heterocycles. The lowest BCUT2D eigenvalue weighted by molar-refractivity contribution is 0.262. The highest BCUT2D eigenvalue weighted by atomic mass is 16.5. The van der Waals surface area contributed by atoms with Crippen molar-refractivity contribution in [3.63, 3.8) is 0 Å². The van der Waals surface area contributed by atoms with Crippen LogP contribution in [0.5, 0.6) is 11.6 Å². The largest absolute Gasteiger partial charge is 0.439 e. The molecule has 0 unspecified atom stereocenters. The number of nitrogens with zero attached hydrogens (tertiary/aromatic N) is 2. The fourth-order valence-electron chi connectivity index (χ4n) is 3.20. The van der Waals surface area contributed by atoms with Gasteiger partial charge in [-0.25, -0.2) is 14.6 Å². The zero-order chi connectivity index (χ0) is 23.4. The highest BCUT2D eigenvalue weighted by Gasteiger charge is 2.20. The second kappa shape index (κ2) is 8.99. The minimum absolute atomic E-state index is 0.124. The van der Waals surface area contributed by atoms with Gasteiger partial charge in [-0.05, 0) is 47.9 Å². The van der Waals surface area contributed by atoms with Crippen molar-refractivity contribution in [2.75, 3.05) is 10.6 Å². The number of benzene rings is 2. The van der Waals surface area contributed by atoms with E-state index in [0.717, 1.165) is 5.56 Å². The molecule has 0 fully saturated rings. The van der Waals surface area contributed by atoms with Crippen LogP contribution in [0.1, 0.15) is 26.3 Å². The topological polar surface area (TPSA) is 122 Å². The minimum Gasteiger partial charge on any atom is -0.437 e. The zero-order valence-corrected chi connectivity index (χ0v) is 18.4. The molecule has 33 heavy (non-hydrogen) atoms. The van der Waals surface area contributed by atoms with E-state index in [4.69, 9.17) is 4.74 Å². The molecular formula is C24H23N5O4. The quantitative estimate of drug-likeness (QED) is 0.390. The Labute approximate surface area is 189 Å². The lowest BCUT2D eigenvalue weighted by Gasteiger charge is -2.22. The first-order chi connectivity index (χ1) is 15.8. The normalized spacial score (nSPS) is 11.1. The fraction of sp³-hybridized carbons (Fsp3) is 0.167. The number of aromatic nitrogens is 3. The van der Waals surface area contributed by atoms with Crippen molar-refractivity contribution in [2.24, 2.45) is 0 Å². The van der Waals surface area contributed by atoms with Crippen molar-refractivity contribution in [3.8, 4) is 23.0 Å². The second-order valence-electron chi connectivity index (χ2n) is 8.30. The fourth-order valence-corrected chi connectivity index (χ4v) is 3.20. The number of nitrogens with one attached hydrogen (secondary N) is 3. The van der Waals surface area contributed by atoms with Crippen molar-refractivity contribution >= 4 is 17.4 Å². The Kier molecular flexibility index (Phi) is 5.95. The van der Waals surface area contributed by atoms with Gasteiger partial charge >= 0.3 is 11.8 Å². The standard InChI is InChI=1S/C24H23N5O4/c1-24(2,3)17-7-4-5-9-19(17)32-21-18(8-6-14-25-21)27-22(30)26-16-12-10-15(11-13-16)20-28-23(31)33-29-20/h4-14H,1-3H3,(H2,26,27,30)(H,28,29,31). The molecule has 0 aliphatic heterocycles. The van der Waals surface area contributed by atoms with E-state index in [1.807, 2.05) is 24.3 Å². The lowest BCUT2D eigenvalue weighted by atomic mass is 9.86. The van der Waals surface area contributed by atoms with Crippen LogP contribution in [-0.2, 0) is 5.41 Å². The van der Waals surface area contributed by atoms with Crippen LogP contribution in [0.3, 0.4) is 0 Å². The maximum atomic E-state index is 12.6. The first-order valence-electron chi connectivity index (χ1n) is 10.3. The number of para-hydroxylation sites is 1. The molecular weight excluding hydrogens is 422 g/mol. The smallest absolute Gasteiger partial charge is 0.437 e. The maximum Gasteiger partial charge on any atom is 0.439 e. The molecule has 4 rings (SSSR count). The maximum absolute atomic E-state index is 12.6. The van der Waals surface area contributed by atoms with Crippen molar-refractivity contribution in [2.45, 2.75) is 26.2 Å². The third-order valence-electron chi connectivity index (χ3n) is 4.78. The Morgan fingerprint density at radius 3 is 2.45 bits per heavy atom. The molecule has 0 atom stereocenters. The molecule has 9 nitrogen and oxygen atoms in total. The number of carbonyl (C=O) groups excluding carboxylic acids is 1. The molecule has 2 amide bonds. The molecule has 9 heteroatoms. The first kappa shape index (κ1) is 21.8. The highest BCUT2D eigenvalue weighted by molar-refractivity contribution is 6.00. The van der Waals surface area contributed by atoms with Crippen LogP contribution < -0.4 is 21.1 Å². The summed E-state index contributed by atoms with van der Waals surface area (Å²) in [7, 11) is 0. The molecule has 4 aromatic rings. The van der Waals surface area contributed by atoms with Gasteiger partial charge in [0.2, 0.25) is 5.88 Å². The van der Waals surface area contributed by atoms with Crippen LogP contribution in [0.2, 0.25) is 0 Å². The van der Waals surface area contributed by atoms with Gasteiger partial charge in [0.15, 0.2) is 5.82 Å². The summed E-state index contributed by atoms with van der Waals surface area (Å²) < 4.78 is 10.6. The molecule has 0 aliphatic rings. The van der Waals surface area contributed by atoms with Gasteiger partial charge in [0.1, 0.15) is 11.4 Å². The number of ether oxygens (including phenoxy) is 1. The average Bonchev–Trinajstić information content (AvgIpc) is 3.21. The molecule has 0 bridgehead atoms. The number of rotatable bonds is 5. The predicted octanol–water partition coefficient (Wildman–Crippen LogP) is 5.16. The summed E-state index contributed by atoms with van der Waals surface area (Å²) in [5.41, 5.74) is 2.52. The molecule has 2 heterocycles. The van der Waals surface area contributed by atoms with Crippen LogP contribution in [0.15, 0.2) is 76.2 Å². The molecule has 2 aromatic carbocycles. The molecule has 0 spiro atoms.